The molecule has 0 radical (unpaired) electrons. The van der Waals surface area contributed by atoms with Gasteiger partial charge in [-0.3, -0.25) is 9.36 Å². The lowest BCUT2D eigenvalue weighted by atomic mass is 10.1. The minimum Gasteiger partial charge on any atom is -0.488 e. The summed E-state index contributed by atoms with van der Waals surface area (Å²) in [5, 5.41) is 0.527. The molecule has 2 atom stereocenters. The first-order valence-electron chi connectivity index (χ1n) is 12.5. The molecule has 0 N–H and O–H groups in total. The number of imidazole rings is 1. The normalized spacial score (nSPS) is 18.2. The second-order valence-electron chi connectivity index (χ2n) is 10.9. The summed E-state index contributed by atoms with van der Waals surface area (Å²) >= 11 is 0. The molecule has 5 heterocycles. The fourth-order valence-corrected chi connectivity index (χ4v) is 5.36. The van der Waals surface area contributed by atoms with Gasteiger partial charge in [-0.15, -0.1) is 0 Å². The van der Waals surface area contributed by atoms with Crippen LogP contribution in [0.15, 0.2) is 46.2 Å². The van der Waals surface area contributed by atoms with Crippen LogP contribution in [0.25, 0.3) is 28.0 Å². The van der Waals surface area contributed by atoms with Gasteiger partial charge in [0.05, 0.1) is 11.5 Å². The maximum absolute atomic E-state index is 13.8. The number of nitrogens with zero attached hydrogens (tertiary/aromatic N) is 5. The van der Waals surface area contributed by atoms with Crippen molar-refractivity contribution in [1.29, 1.82) is 0 Å². The Morgan fingerprint density at radius 3 is 2.67 bits per heavy atom. The molecule has 0 fully saturated rings. The zero-order valence-electron chi connectivity index (χ0n) is 21.5. The molecular formula is C26H33N5O4Si. The summed E-state index contributed by atoms with van der Waals surface area (Å²) < 4.78 is 17.4. The van der Waals surface area contributed by atoms with E-state index in [9.17, 15) is 9.59 Å². The van der Waals surface area contributed by atoms with Crippen LogP contribution in [0.4, 0.5) is 0 Å². The van der Waals surface area contributed by atoms with Gasteiger partial charge in [0, 0.05) is 45.2 Å². The maximum atomic E-state index is 13.8. The minimum absolute atomic E-state index is 0.0847. The summed E-state index contributed by atoms with van der Waals surface area (Å²) in [6.07, 6.45) is 5.00. The van der Waals surface area contributed by atoms with Crippen LogP contribution < -0.4 is 15.9 Å². The molecule has 0 unspecified atom stereocenters. The van der Waals surface area contributed by atoms with Crippen molar-refractivity contribution in [2.75, 3.05) is 6.61 Å². The van der Waals surface area contributed by atoms with Crippen molar-refractivity contribution in [2.24, 2.45) is 0 Å². The zero-order chi connectivity index (χ0) is 25.6. The van der Waals surface area contributed by atoms with E-state index < -0.39 is 8.07 Å². The van der Waals surface area contributed by atoms with Crippen LogP contribution in [-0.4, -0.2) is 44.5 Å². The van der Waals surface area contributed by atoms with Crippen molar-refractivity contribution in [1.82, 2.24) is 23.7 Å². The molecule has 0 aromatic carbocycles. The van der Waals surface area contributed by atoms with Gasteiger partial charge in [0.2, 0.25) is 0 Å². The van der Waals surface area contributed by atoms with E-state index in [-0.39, 0.29) is 30.0 Å². The highest BCUT2D eigenvalue weighted by atomic mass is 28.3. The van der Waals surface area contributed by atoms with Gasteiger partial charge in [0.1, 0.15) is 29.5 Å². The van der Waals surface area contributed by atoms with Crippen molar-refractivity contribution < 1.29 is 9.47 Å². The minimum atomic E-state index is -1.27. The molecule has 4 aromatic rings. The molecule has 0 saturated carbocycles. The third-order valence-corrected chi connectivity index (χ3v) is 8.47. The van der Waals surface area contributed by atoms with Gasteiger partial charge in [0.15, 0.2) is 11.1 Å². The Bertz CT molecular complexity index is 1550. The lowest BCUT2D eigenvalue weighted by molar-refractivity contribution is 0.0871. The average molecular weight is 508 g/mol. The average Bonchev–Trinajstić information content (AvgIpc) is 3.11. The molecule has 0 aliphatic carbocycles. The number of aromatic nitrogens is 5. The van der Waals surface area contributed by atoms with Gasteiger partial charge in [-0.05, 0) is 44.9 Å². The molecule has 0 amide bonds. The number of hydrogen-bond acceptors (Lipinski definition) is 6. The van der Waals surface area contributed by atoms with Crippen LogP contribution in [-0.2, 0) is 11.5 Å². The standard InChI is InChI=1S/C26H33N5O4Si/c1-17-6-7-18(2)35-21-10-12-27-25-23(21)31(26(33)30(25)16-34-14-15-36(3,4)5)22-9-8-19-20(32)11-13-29(17)24(19)28-22/h8-13,17-18H,6-7,14-16H2,1-5H3/t17-,18+/m0/s1. The molecule has 36 heavy (non-hydrogen) atoms. The third-order valence-electron chi connectivity index (χ3n) is 6.77. The first kappa shape index (κ1) is 24.5. The number of rotatable bonds is 5. The van der Waals surface area contributed by atoms with Gasteiger partial charge < -0.3 is 14.0 Å². The highest BCUT2D eigenvalue weighted by Gasteiger charge is 2.24. The summed E-state index contributed by atoms with van der Waals surface area (Å²) in [6.45, 7) is 11.7. The van der Waals surface area contributed by atoms with E-state index in [0.717, 1.165) is 18.9 Å². The topological polar surface area (TPSA) is 93.2 Å². The second-order valence-corrected chi connectivity index (χ2v) is 16.5. The molecule has 0 saturated heterocycles. The van der Waals surface area contributed by atoms with Crippen LogP contribution in [0.3, 0.4) is 0 Å². The van der Waals surface area contributed by atoms with Gasteiger partial charge in [-0.25, -0.2) is 19.3 Å². The van der Waals surface area contributed by atoms with E-state index in [1.165, 1.54) is 9.13 Å². The first-order valence-corrected chi connectivity index (χ1v) is 16.2. The van der Waals surface area contributed by atoms with E-state index in [1.807, 2.05) is 11.5 Å². The predicted octanol–water partition coefficient (Wildman–Crippen LogP) is 4.33. The summed E-state index contributed by atoms with van der Waals surface area (Å²) in [7, 11) is -1.27. The van der Waals surface area contributed by atoms with E-state index in [2.05, 4.69) is 31.5 Å². The van der Waals surface area contributed by atoms with Crippen LogP contribution in [0.2, 0.25) is 25.7 Å². The van der Waals surface area contributed by atoms with Crippen molar-refractivity contribution in [3.05, 3.63) is 57.4 Å². The highest BCUT2D eigenvalue weighted by Crippen LogP contribution is 2.29. The van der Waals surface area contributed by atoms with Crippen molar-refractivity contribution >= 4 is 30.3 Å². The Morgan fingerprint density at radius 1 is 1.08 bits per heavy atom. The Kier molecular flexibility index (Phi) is 6.33. The summed E-state index contributed by atoms with van der Waals surface area (Å²) in [5.74, 6) is 0.988. The van der Waals surface area contributed by atoms with Crippen molar-refractivity contribution in [3.8, 4) is 11.6 Å². The smallest absolute Gasteiger partial charge is 0.338 e. The molecule has 5 rings (SSSR count). The van der Waals surface area contributed by atoms with Crippen molar-refractivity contribution in [2.45, 2.75) is 71.3 Å². The highest BCUT2D eigenvalue weighted by molar-refractivity contribution is 6.76. The SMILES string of the molecule is C[C@@H]1CC[C@H](C)n2ccc(=O)c3ccc(nc32)-n2c(=O)n(COCC[Si](C)(C)C)c3nccc(c32)O1. The van der Waals surface area contributed by atoms with Gasteiger partial charge in [-0.2, -0.15) is 0 Å². The zero-order valence-corrected chi connectivity index (χ0v) is 22.5. The molecule has 190 valence electrons. The van der Waals surface area contributed by atoms with E-state index in [4.69, 9.17) is 14.5 Å². The number of fused-ring (bicyclic) bond motifs is 2. The van der Waals surface area contributed by atoms with Crippen molar-refractivity contribution in [3.63, 3.8) is 0 Å². The fraction of sp³-hybridized carbons (Fsp3) is 0.462. The molecular weight excluding hydrogens is 474 g/mol. The molecule has 1 aliphatic heterocycles. The van der Waals surface area contributed by atoms with Gasteiger partial charge in [-0.1, -0.05) is 19.6 Å². The lowest BCUT2D eigenvalue weighted by Gasteiger charge is -2.22. The quantitative estimate of drug-likeness (QED) is 0.295. The van der Waals surface area contributed by atoms with E-state index in [0.29, 0.717) is 40.4 Å². The van der Waals surface area contributed by atoms with Gasteiger partial charge in [0.25, 0.3) is 0 Å². The molecule has 10 heteroatoms. The van der Waals surface area contributed by atoms with E-state index >= 15 is 0 Å². The summed E-state index contributed by atoms with van der Waals surface area (Å²) in [6, 6.07) is 7.92. The Balaban J connectivity index is 1.73. The summed E-state index contributed by atoms with van der Waals surface area (Å²) in [4.78, 5) is 35.8. The monoisotopic (exact) mass is 507 g/mol. The Hall–Kier alpha value is -3.24. The van der Waals surface area contributed by atoms with E-state index in [1.54, 1.807) is 36.7 Å². The maximum Gasteiger partial charge on any atom is 0.338 e. The van der Waals surface area contributed by atoms with Crippen LogP contribution in [0, 0.1) is 0 Å². The molecule has 9 nitrogen and oxygen atoms in total. The van der Waals surface area contributed by atoms with Crippen LogP contribution in [0.5, 0.6) is 5.75 Å². The van der Waals surface area contributed by atoms with Crippen LogP contribution >= 0.6 is 0 Å². The number of pyridine rings is 3. The second kappa shape index (κ2) is 9.33. The predicted molar refractivity (Wildman–Crippen MR) is 143 cm³/mol. The molecule has 1 aliphatic rings. The molecule has 2 bridgehead atoms. The first-order chi connectivity index (χ1) is 17.1. The molecule has 0 spiro atoms. The Labute approximate surface area is 210 Å². The summed E-state index contributed by atoms with van der Waals surface area (Å²) in [5.41, 5.74) is 1.19. The lowest BCUT2D eigenvalue weighted by Crippen LogP contribution is -2.27. The van der Waals surface area contributed by atoms with Crippen LogP contribution in [0.1, 0.15) is 32.7 Å². The number of hydrogen-bond donors (Lipinski definition) is 0. The third kappa shape index (κ3) is 4.50. The Morgan fingerprint density at radius 2 is 1.89 bits per heavy atom. The fourth-order valence-electron chi connectivity index (χ4n) is 4.61. The van der Waals surface area contributed by atoms with Gasteiger partial charge >= 0.3 is 5.69 Å². The number of ether oxygens (including phenoxy) is 2. The largest absolute Gasteiger partial charge is 0.488 e. The molecule has 4 aromatic heterocycles.